The Morgan fingerprint density at radius 3 is 2.29 bits per heavy atom. The van der Waals surface area contributed by atoms with E-state index >= 15 is 0 Å². The molecule has 0 saturated carbocycles. The fraction of sp³-hybridized carbons (Fsp3) is 0.429. The second kappa shape index (κ2) is 3.60. The molecule has 0 bridgehead atoms. The van der Waals surface area contributed by atoms with Crippen molar-refractivity contribution < 1.29 is 23.2 Å². The van der Waals surface area contributed by atoms with Crippen molar-refractivity contribution in [3.63, 3.8) is 0 Å². The highest BCUT2D eigenvalue weighted by Gasteiger charge is 2.42. The first kappa shape index (κ1) is 11.6. The van der Waals surface area contributed by atoms with Crippen molar-refractivity contribution in [1.29, 1.82) is 0 Å². The minimum Gasteiger partial charge on any atom is -0.426 e. The lowest BCUT2D eigenvalue weighted by atomic mass is 9.68. The Morgan fingerprint density at radius 2 is 2.00 bits per heavy atom. The highest BCUT2D eigenvalue weighted by atomic mass is 35.5. The lowest BCUT2D eigenvalue weighted by molar-refractivity contribution is -0.0886. The zero-order valence-electron chi connectivity index (χ0n) is 6.92. The third kappa shape index (κ3) is 2.32. The van der Waals surface area contributed by atoms with Crippen LogP contribution in [0.4, 0.5) is 13.2 Å². The van der Waals surface area contributed by atoms with Crippen molar-refractivity contribution in [2.75, 3.05) is 0 Å². The smallest absolute Gasteiger partial charge is 0.426 e. The third-order valence-electron chi connectivity index (χ3n) is 1.93. The van der Waals surface area contributed by atoms with Crippen LogP contribution >= 0.6 is 11.6 Å². The molecule has 0 aromatic rings. The zero-order valence-corrected chi connectivity index (χ0v) is 7.68. The molecule has 0 aromatic carbocycles. The largest absolute Gasteiger partial charge is 0.478 e. The highest BCUT2D eigenvalue weighted by Crippen LogP contribution is 2.35. The first-order valence-electron chi connectivity index (χ1n) is 3.77. The van der Waals surface area contributed by atoms with Crippen LogP contribution in [-0.4, -0.2) is 28.1 Å². The maximum absolute atomic E-state index is 12.1. The molecular formula is C7H7BClF3O2. The van der Waals surface area contributed by atoms with Crippen molar-refractivity contribution in [1.82, 2.24) is 0 Å². The van der Waals surface area contributed by atoms with Crippen LogP contribution in [0.15, 0.2) is 23.8 Å². The van der Waals surface area contributed by atoms with Gasteiger partial charge in [0.15, 0.2) is 0 Å². The third-order valence-corrected chi connectivity index (χ3v) is 2.41. The van der Waals surface area contributed by atoms with Crippen molar-refractivity contribution >= 4 is 18.7 Å². The average Bonchev–Trinajstić information content (AvgIpc) is 2.03. The summed E-state index contributed by atoms with van der Waals surface area (Å²) in [6.07, 6.45) is -2.16. The average molecular weight is 226 g/mol. The zero-order chi connectivity index (χ0) is 11.0. The van der Waals surface area contributed by atoms with Crippen LogP contribution in [0.2, 0.25) is 0 Å². The molecule has 0 fully saturated rings. The van der Waals surface area contributed by atoms with Gasteiger partial charge in [-0.3, -0.25) is 0 Å². The lowest BCUT2D eigenvalue weighted by Crippen LogP contribution is -2.40. The molecule has 1 aliphatic carbocycles. The number of halogens is 4. The topological polar surface area (TPSA) is 40.5 Å². The van der Waals surface area contributed by atoms with Crippen LogP contribution in [0, 0.1) is 0 Å². The Labute approximate surface area is 83.8 Å². The summed E-state index contributed by atoms with van der Waals surface area (Å²) in [6.45, 7) is 0. The molecule has 2 N–H and O–H groups in total. The number of hydrogen-bond acceptors (Lipinski definition) is 2. The van der Waals surface area contributed by atoms with E-state index in [-0.39, 0.29) is 6.42 Å². The normalized spacial score (nSPS) is 27.4. The predicted molar refractivity (Wildman–Crippen MR) is 46.7 cm³/mol. The maximum Gasteiger partial charge on any atom is 0.478 e. The van der Waals surface area contributed by atoms with Gasteiger partial charge in [0.25, 0.3) is 0 Å². The van der Waals surface area contributed by atoms with E-state index in [0.29, 0.717) is 0 Å². The molecule has 0 aliphatic heterocycles. The Morgan fingerprint density at radius 1 is 1.43 bits per heavy atom. The first-order chi connectivity index (χ1) is 6.26. The van der Waals surface area contributed by atoms with Crippen LogP contribution in [0.5, 0.6) is 0 Å². The first-order valence-corrected chi connectivity index (χ1v) is 4.15. The molecule has 0 aromatic heterocycles. The van der Waals surface area contributed by atoms with E-state index in [9.17, 15) is 13.2 Å². The van der Waals surface area contributed by atoms with Gasteiger partial charge >= 0.3 is 13.3 Å². The van der Waals surface area contributed by atoms with Gasteiger partial charge in [-0.1, -0.05) is 18.2 Å². The van der Waals surface area contributed by atoms with E-state index in [1.54, 1.807) is 0 Å². The number of allylic oxidation sites excluding steroid dienone is 4. The summed E-state index contributed by atoms with van der Waals surface area (Å²) < 4.78 is 34.8. The maximum atomic E-state index is 12.1. The van der Waals surface area contributed by atoms with Gasteiger partial charge in [0.2, 0.25) is 0 Å². The Balaban J connectivity index is 2.81. The SMILES string of the molecule is OB(O)C1(Cl)C=CC(C(F)(F)F)=CC1. The monoisotopic (exact) mass is 226 g/mol. The molecule has 14 heavy (non-hydrogen) atoms. The van der Waals surface area contributed by atoms with E-state index in [2.05, 4.69) is 0 Å². The Bertz CT molecular complexity index is 287. The molecule has 1 atom stereocenters. The van der Waals surface area contributed by atoms with Crippen molar-refractivity contribution in [3.05, 3.63) is 23.8 Å². The molecule has 7 heteroatoms. The number of hydrogen-bond donors (Lipinski definition) is 2. The van der Waals surface area contributed by atoms with Crippen molar-refractivity contribution in [3.8, 4) is 0 Å². The minimum atomic E-state index is -4.42. The van der Waals surface area contributed by atoms with Gasteiger partial charge in [0, 0.05) is 0 Å². The van der Waals surface area contributed by atoms with Crippen LogP contribution in [0.25, 0.3) is 0 Å². The van der Waals surface area contributed by atoms with Crippen molar-refractivity contribution in [2.45, 2.75) is 17.4 Å². The molecule has 1 aliphatic rings. The standard InChI is InChI=1S/C7H7BClF3O2/c9-6(8(13)14)3-1-5(2-4-6)7(10,11)12/h1-3,13-14H,4H2. The van der Waals surface area contributed by atoms with E-state index in [0.717, 1.165) is 18.2 Å². The van der Waals surface area contributed by atoms with Gasteiger partial charge in [-0.25, -0.2) is 0 Å². The van der Waals surface area contributed by atoms with E-state index in [4.69, 9.17) is 21.6 Å². The number of rotatable bonds is 1. The fourth-order valence-electron chi connectivity index (χ4n) is 1.03. The summed E-state index contributed by atoms with van der Waals surface area (Å²) in [6, 6.07) is 0. The van der Waals surface area contributed by atoms with Gasteiger partial charge in [0.1, 0.15) is 4.77 Å². The molecule has 0 spiro atoms. The van der Waals surface area contributed by atoms with E-state index in [1.807, 2.05) is 0 Å². The molecule has 0 saturated heterocycles. The summed E-state index contributed by atoms with van der Waals surface area (Å²) in [5, 5.41) is 17.6. The molecular weight excluding hydrogens is 219 g/mol. The van der Waals surface area contributed by atoms with Crippen molar-refractivity contribution in [2.24, 2.45) is 0 Å². The highest BCUT2D eigenvalue weighted by molar-refractivity contribution is 6.61. The Kier molecular flexibility index (Phi) is 2.99. The molecule has 78 valence electrons. The summed E-state index contributed by atoms with van der Waals surface area (Å²) in [7, 11) is -1.88. The summed E-state index contributed by atoms with van der Waals surface area (Å²) in [5.41, 5.74) is -0.825. The van der Waals surface area contributed by atoms with E-state index in [1.165, 1.54) is 0 Å². The van der Waals surface area contributed by atoms with Gasteiger partial charge in [-0.05, 0) is 6.42 Å². The van der Waals surface area contributed by atoms with Gasteiger partial charge in [0.05, 0.1) is 5.57 Å². The molecule has 1 rings (SSSR count). The second-order valence-corrected chi connectivity index (χ2v) is 3.70. The minimum absolute atomic E-state index is 0.266. The molecule has 1 unspecified atom stereocenters. The van der Waals surface area contributed by atoms with Crippen LogP contribution in [0.1, 0.15) is 6.42 Å². The van der Waals surface area contributed by atoms with Crippen LogP contribution < -0.4 is 0 Å². The van der Waals surface area contributed by atoms with Crippen LogP contribution in [-0.2, 0) is 0 Å². The van der Waals surface area contributed by atoms with Crippen LogP contribution in [0.3, 0.4) is 0 Å². The Hall–Kier alpha value is -0.455. The molecule has 2 nitrogen and oxygen atoms in total. The summed E-state index contributed by atoms with van der Waals surface area (Å²) in [4.78, 5) is 0. The second-order valence-electron chi connectivity index (χ2n) is 3.00. The quantitative estimate of drug-likeness (QED) is 0.524. The summed E-state index contributed by atoms with van der Waals surface area (Å²) in [5.74, 6) is 0. The van der Waals surface area contributed by atoms with E-state index < -0.39 is 23.6 Å². The van der Waals surface area contributed by atoms with Gasteiger partial charge in [-0.2, -0.15) is 13.2 Å². The fourth-order valence-corrected chi connectivity index (χ4v) is 1.17. The molecule has 0 heterocycles. The van der Waals surface area contributed by atoms with Gasteiger partial charge < -0.3 is 10.0 Å². The molecule has 0 amide bonds. The van der Waals surface area contributed by atoms with Gasteiger partial charge in [-0.15, -0.1) is 11.6 Å². The molecule has 0 radical (unpaired) electrons. The number of alkyl halides is 4. The lowest BCUT2D eigenvalue weighted by Gasteiger charge is -2.24. The predicted octanol–water partition coefficient (Wildman–Crippen LogP) is 1.42. The summed E-state index contributed by atoms with van der Waals surface area (Å²) >= 11 is 5.63.